The Labute approximate surface area is 279 Å². The van der Waals surface area contributed by atoms with Crippen molar-refractivity contribution in [2.24, 2.45) is 18.0 Å². The van der Waals surface area contributed by atoms with Gasteiger partial charge in [0.15, 0.2) is 0 Å². The largest absolute Gasteiger partial charge is 0.494 e. The number of hydrogen-bond donors (Lipinski definition) is 3. The Kier molecular flexibility index (Phi) is 12.0. The van der Waals surface area contributed by atoms with Crippen molar-refractivity contribution in [3.05, 3.63) is 100 Å². The zero-order chi connectivity index (χ0) is 34.8. The van der Waals surface area contributed by atoms with Crippen molar-refractivity contribution in [1.82, 2.24) is 25.1 Å². The highest BCUT2D eigenvalue weighted by atomic mass is 16.5. The molecule has 4 rings (SSSR count). The molecule has 0 saturated heterocycles. The number of amides is 3. The Hall–Kier alpha value is -5.56. The van der Waals surface area contributed by atoms with Crippen LogP contribution in [-0.2, 0) is 27.9 Å². The maximum Gasteiger partial charge on any atom is 0.272 e. The van der Waals surface area contributed by atoms with E-state index in [1.54, 1.807) is 76.1 Å². The molecule has 2 heterocycles. The molecular formula is C35H41N7O6. The third-order valence-electron chi connectivity index (χ3n) is 7.75. The van der Waals surface area contributed by atoms with E-state index >= 15 is 0 Å². The highest BCUT2D eigenvalue weighted by molar-refractivity contribution is 6.08. The van der Waals surface area contributed by atoms with Gasteiger partial charge in [-0.2, -0.15) is 0 Å². The number of rotatable bonds is 14. The minimum Gasteiger partial charge on any atom is -0.494 e. The lowest BCUT2D eigenvalue weighted by molar-refractivity contribution is -0.120. The van der Waals surface area contributed by atoms with E-state index in [1.807, 2.05) is 6.07 Å². The van der Waals surface area contributed by atoms with E-state index in [0.717, 1.165) is 12.8 Å². The lowest BCUT2D eigenvalue weighted by Crippen LogP contribution is -2.36. The number of aliphatic imine (C=N–C) groups is 1. The molecule has 13 heteroatoms. The van der Waals surface area contributed by atoms with E-state index in [1.165, 1.54) is 23.6 Å². The average Bonchev–Trinajstić information content (AvgIpc) is 3.96. The molecule has 13 nitrogen and oxygen atoms in total. The van der Waals surface area contributed by atoms with Crippen LogP contribution in [-0.4, -0.2) is 79.5 Å². The first kappa shape index (κ1) is 35.3. The molecule has 1 fully saturated rings. The molecule has 2 aromatic heterocycles. The Morgan fingerprint density at radius 2 is 1.92 bits per heavy atom. The number of likely N-dealkylation sites (N-methyl/N-ethyl adjacent to an activating group) is 1. The predicted octanol–water partition coefficient (Wildman–Crippen LogP) is 2.90. The van der Waals surface area contributed by atoms with Crippen molar-refractivity contribution >= 4 is 29.2 Å². The number of ether oxygens (including phenoxy) is 2. The van der Waals surface area contributed by atoms with Gasteiger partial charge in [-0.05, 0) is 31.0 Å². The maximum absolute atomic E-state index is 13.5. The van der Waals surface area contributed by atoms with Gasteiger partial charge in [-0.15, -0.1) is 0 Å². The van der Waals surface area contributed by atoms with Gasteiger partial charge in [0, 0.05) is 75.9 Å². The Bertz CT molecular complexity index is 1790. The molecule has 3 amide bonds. The highest BCUT2D eigenvalue weighted by Gasteiger charge is 2.30. The first-order valence-corrected chi connectivity index (χ1v) is 15.4. The third-order valence-corrected chi connectivity index (χ3v) is 7.75. The first-order chi connectivity index (χ1) is 23.1. The van der Waals surface area contributed by atoms with Crippen LogP contribution in [0, 0.1) is 5.92 Å². The van der Waals surface area contributed by atoms with Crippen molar-refractivity contribution in [2.45, 2.75) is 19.4 Å². The number of pyridine rings is 2. The van der Waals surface area contributed by atoms with Crippen LogP contribution in [0.2, 0.25) is 0 Å². The summed E-state index contributed by atoms with van der Waals surface area (Å²) in [6.45, 7) is 4.60. The second-order valence-corrected chi connectivity index (χ2v) is 11.1. The van der Waals surface area contributed by atoms with Crippen molar-refractivity contribution in [1.29, 1.82) is 0 Å². The van der Waals surface area contributed by atoms with Crippen molar-refractivity contribution < 1.29 is 23.9 Å². The molecule has 0 radical (unpaired) electrons. The van der Waals surface area contributed by atoms with E-state index in [-0.39, 0.29) is 60.1 Å². The van der Waals surface area contributed by atoms with Crippen LogP contribution in [0.3, 0.4) is 0 Å². The van der Waals surface area contributed by atoms with Crippen molar-refractivity contribution in [3.63, 3.8) is 0 Å². The van der Waals surface area contributed by atoms with Crippen molar-refractivity contribution in [3.8, 4) is 16.9 Å². The molecule has 1 aromatic carbocycles. The number of aromatic nitrogens is 2. The minimum absolute atomic E-state index is 0.0351. The Morgan fingerprint density at radius 3 is 2.54 bits per heavy atom. The van der Waals surface area contributed by atoms with Gasteiger partial charge in [-0.1, -0.05) is 30.8 Å². The van der Waals surface area contributed by atoms with Gasteiger partial charge in [0.05, 0.1) is 37.2 Å². The fourth-order valence-corrected chi connectivity index (χ4v) is 4.84. The lowest BCUT2D eigenvalue weighted by Gasteiger charge is -2.22. The van der Waals surface area contributed by atoms with Gasteiger partial charge in [-0.3, -0.25) is 29.2 Å². The summed E-state index contributed by atoms with van der Waals surface area (Å²) >= 11 is 0. The summed E-state index contributed by atoms with van der Waals surface area (Å²) in [7, 11) is 7.76. The number of aryl methyl sites for hydroxylation is 1. The molecule has 0 atom stereocenters. The SMILES string of the molecule is C=C(C(=O)NC)/C(=C\C(=NC)NC(=O)C1CC1)Nc1cccc(-c2ccc(C(=O)N(CCOC)Cc3cccn(C)c3=O)nc2)c1OC. The number of carbonyl (C=O) groups excluding carboxylic acids is 3. The van der Waals surface area contributed by atoms with Gasteiger partial charge >= 0.3 is 0 Å². The van der Waals surface area contributed by atoms with Gasteiger partial charge in [0.25, 0.3) is 17.4 Å². The van der Waals surface area contributed by atoms with E-state index < -0.39 is 5.91 Å². The Balaban J connectivity index is 1.62. The molecule has 0 aliphatic heterocycles. The number of amidine groups is 1. The summed E-state index contributed by atoms with van der Waals surface area (Å²) in [5.74, 6) is -0.233. The number of hydrogen-bond acceptors (Lipinski definition) is 9. The number of benzene rings is 1. The molecule has 3 N–H and O–H groups in total. The zero-order valence-corrected chi connectivity index (χ0v) is 27.8. The summed E-state index contributed by atoms with van der Waals surface area (Å²) in [6.07, 6.45) is 6.44. The molecule has 0 unspecified atom stereocenters. The molecule has 252 valence electrons. The maximum atomic E-state index is 13.5. The van der Waals surface area contributed by atoms with E-state index in [0.29, 0.717) is 33.8 Å². The van der Waals surface area contributed by atoms with Crippen LogP contribution in [0.1, 0.15) is 28.9 Å². The number of anilines is 1. The van der Waals surface area contributed by atoms with Crippen LogP contribution in [0.4, 0.5) is 5.69 Å². The van der Waals surface area contributed by atoms with Gasteiger partial charge in [-0.25, -0.2) is 0 Å². The van der Waals surface area contributed by atoms with Crippen LogP contribution in [0.15, 0.2) is 88.6 Å². The molecule has 1 saturated carbocycles. The summed E-state index contributed by atoms with van der Waals surface area (Å²) in [6, 6.07) is 12.2. The normalized spacial score (nSPS) is 13.0. The van der Waals surface area contributed by atoms with E-state index in [9.17, 15) is 19.2 Å². The molecule has 0 spiro atoms. The molecule has 0 bridgehead atoms. The summed E-state index contributed by atoms with van der Waals surface area (Å²) < 4.78 is 12.5. The van der Waals surface area contributed by atoms with E-state index in [4.69, 9.17) is 9.47 Å². The molecular weight excluding hydrogens is 614 g/mol. The van der Waals surface area contributed by atoms with Gasteiger partial charge in [0.1, 0.15) is 17.3 Å². The predicted molar refractivity (Wildman–Crippen MR) is 184 cm³/mol. The first-order valence-electron chi connectivity index (χ1n) is 15.4. The fraction of sp³-hybridized carbons (Fsp3) is 0.314. The molecule has 3 aromatic rings. The van der Waals surface area contributed by atoms with Crippen LogP contribution in [0.25, 0.3) is 11.1 Å². The quantitative estimate of drug-likeness (QED) is 0.104. The molecule has 1 aliphatic rings. The number of carbonyl (C=O) groups is 3. The summed E-state index contributed by atoms with van der Waals surface area (Å²) in [5, 5.41) is 8.60. The van der Waals surface area contributed by atoms with Gasteiger partial charge in [0.2, 0.25) is 5.91 Å². The minimum atomic E-state index is -0.426. The average molecular weight is 656 g/mol. The van der Waals surface area contributed by atoms with Crippen LogP contribution >= 0.6 is 0 Å². The smallest absolute Gasteiger partial charge is 0.272 e. The number of nitrogens with one attached hydrogen (secondary N) is 3. The van der Waals surface area contributed by atoms with Crippen LogP contribution < -0.4 is 26.2 Å². The number of nitrogens with zero attached hydrogens (tertiary/aromatic N) is 4. The molecule has 1 aliphatic carbocycles. The second-order valence-electron chi connectivity index (χ2n) is 11.1. The fourth-order valence-electron chi connectivity index (χ4n) is 4.84. The monoisotopic (exact) mass is 655 g/mol. The number of para-hydroxylation sites is 1. The zero-order valence-electron chi connectivity index (χ0n) is 27.8. The summed E-state index contributed by atoms with van der Waals surface area (Å²) in [5.41, 5.74) is 2.73. The lowest BCUT2D eigenvalue weighted by atomic mass is 10.0. The second kappa shape index (κ2) is 16.3. The van der Waals surface area contributed by atoms with Crippen molar-refractivity contribution in [2.75, 3.05) is 46.8 Å². The number of methoxy groups -OCH3 is 2. The topological polar surface area (TPSA) is 156 Å². The van der Waals surface area contributed by atoms with E-state index in [2.05, 4.69) is 32.5 Å². The summed E-state index contributed by atoms with van der Waals surface area (Å²) in [4.78, 5) is 61.4. The Morgan fingerprint density at radius 1 is 1.15 bits per heavy atom. The molecule has 48 heavy (non-hydrogen) atoms. The van der Waals surface area contributed by atoms with Gasteiger partial charge < -0.3 is 34.9 Å². The standard InChI is InChI=1S/C35H41N7O6/c1-22(32(43)37-3)29(19-30(36-2)40-33(44)23-12-13-23)39-27-11-7-10-26(31(27)48-6)24-14-15-28(38-20-24)35(46)42(17-18-47-5)21-25-9-8-16-41(4)34(25)45/h7-11,14-16,19-20,23,39H,1,12-13,17-18,21H2,2-6H3,(H,37,43)(H,36,40,44)/b29-19+. The van der Waals surface area contributed by atoms with Crippen LogP contribution in [0.5, 0.6) is 5.75 Å². The highest BCUT2D eigenvalue weighted by Crippen LogP contribution is 2.37. The third kappa shape index (κ3) is 8.62.